The highest BCUT2D eigenvalue weighted by Crippen LogP contribution is 2.47. The second-order valence-corrected chi connectivity index (χ2v) is 8.25. The first-order valence-corrected chi connectivity index (χ1v) is 10.8. The predicted octanol–water partition coefficient (Wildman–Crippen LogP) is 6.72. The van der Waals surface area contributed by atoms with E-state index in [4.69, 9.17) is 18.9 Å². The molecule has 4 heteroatoms. The van der Waals surface area contributed by atoms with E-state index in [1.807, 2.05) is 52.0 Å². The summed E-state index contributed by atoms with van der Waals surface area (Å²) in [5.74, 6) is 2.90. The molecule has 0 radical (unpaired) electrons. The van der Waals surface area contributed by atoms with Gasteiger partial charge < -0.3 is 18.9 Å². The minimum Gasteiger partial charge on any atom is -0.490 e. The quantitative estimate of drug-likeness (QED) is 0.354. The molecule has 0 saturated carbocycles. The Morgan fingerprint density at radius 2 is 1.10 bits per heavy atom. The van der Waals surface area contributed by atoms with Gasteiger partial charge in [-0.1, -0.05) is 51.3 Å². The van der Waals surface area contributed by atoms with Gasteiger partial charge in [-0.15, -0.1) is 0 Å². The third-order valence-corrected chi connectivity index (χ3v) is 4.83. The summed E-state index contributed by atoms with van der Waals surface area (Å²) in [6.45, 7) is 22.0. The van der Waals surface area contributed by atoms with Crippen LogP contribution in [0.15, 0.2) is 60.7 Å². The lowest BCUT2D eigenvalue weighted by Crippen LogP contribution is -2.22. The van der Waals surface area contributed by atoms with Crippen LogP contribution in [-0.2, 0) is 5.41 Å². The molecule has 0 aromatic heterocycles. The van der Waals surface area contributed by atoms with Gasteiger partial charge >= 0.3 is 0 Å². The highest BCUT2D eigenvalue weighted by atomic mass is 16.5. The number of ether oxygens (including phenoxy) is 4. The number of para-hydroxylation sites is 2. The minimum atomic E-state index is -0.449. The van der Waals surface area contributed by atoms with Gasteiger partial charge in [0, 0.05) is 16.5 Å². The van der Waals surface area contributed by atoms with Gasteiger partial charge in [0.25, 0.3) is 0 Å². The predicted molar refractivity (Wildman–Crippen MR) is 128 cm³/mol. The monoisotopic (exact) mass is 424 g/mol. The van der Waals surface area contributed by atoms with Crippen molar-refractivity contribution in [3.63, 3.8) is 0 Å². The molecular formula is C27H36O4. The second-order valence-electron chi connectivity index (χ2n) is 8.25. The standard InChI is InChI=1S/C27H36O4/c1-9-28-23-15-11-13-21(25(23)30-17-19(3)4)27(7,8)22-14-12-16-24(29-10-2)26(22)31-18-20(5)6/h11-16H,3,5,9-10,17-18H2,1-2,4,6-8H3. The van der Waals surface area contributed by atoms with Crippen molar-refractivity contribution in [2.24, 2.45) is 0 Å². The van der Waals surface area contributed by atoms with Gasteiger partial charge in [0.1, 0.15) is 13.2 Å². The Morgan fingerprint density at radius 1 is 0.710 bits per heavy atom. The van der Waals surface area contributed by atoms with E-state index >= 15 is 0 Å². The Bertz CT molecular complexity index is 838. The molecule has 0 heterocycles. The highest BCUT2D eigenvalue weighted by Gasteiger charge is 2.33. The molecule has 31 heavy (non-hydrogen) atoms. The molecular weight excluding hydrogens is 388 g/mol. The molecule has 168 valence electrons. The maximum absolute atomic E-state index is 6.20. The number of benzene rings is 2. The molecule has 4 nitrogen and oxygen atoms in total. The van der Waals surface area contributed by atoms with E-state index < -0.39 is 5.41 Å². The van der Waals surface area contributed by atoms with Crippen molar-refractivity contribution in [2.75, 3.05) is 26.4 Å². The van der Waals surface area contributed by atoms with Crippen molar-refractivity contribution >= 4 is 0 Å². The molecule has 0 aliphatic carbocycles. The van der Waals surface area contributed by atoms with Gasteiger partial charge in [0.2, 0.25) is 0 Å². The third kappa shape index (κ3) is 6.06. The molecule has 0 atom stereocenters. The molecule has 0 aliphatic heterocycles. The van der Waals surface area contributed by atoms with E-state index in [1.54, 1.807) is 0 Å². The molecule has 2 aromatic carbocycles. The first-order chi connectivity index (χ1) is 14.7. The van der Waals surface area contributed by atoms with Crippen LogP contribution in [0.1, 0.15) is 52.7 Å². The fourth-order valence-electron chi connectivity index (χ4n) is 3.39. The summed E-state index contributed by atoms with van der Waals surface area (Å²) in [5, 5.41) is 0. The molecule has 0 aliphatic rings. The van der Waals surface area contributed by atoms with Crippen LogP contribution in [0.2, 0.25) is 0 Å². The first kappa shape index (κ1) is 24.4. The largest absolute Gasteiger partial charge is 0.490 e. The molecule has 0 fully saturated rings. The summed E-state index contributed by atoms with van der Waals surface area (Å²) in [4.78, 5) is 0. The summed E-state index contributed by atoms with van der Waals surface area (Å²) in [5.41, 5.74) is 3.45. The SMILES string of the molecule is C=C(C)COc1c(OCC)cccc1C(C)(C)c1cccc(OCC)c1OCC(=C)C. The average molecular weight is 425 g/mol. The maximum atomic E-state index is 6.20. The van der Waals surface area contributed by atoms with E-state index in [2.05, 4.69) is 39.1 Å². The molecule has 0 N–H and O–H groups in total. The zero-order chi connectivity index (χ0) is 23.0. The lowest BCUT2D eigenvalue weighted by Gasteiger charge is -2.31. The van der Waals surface area contributed by atoms with E-state index in [9.17, 15) is 0 Å². The highest BCUT2D eigenvalue weighted by molar-refractivity contribution is 5.58. The lowest BCUT2D eigenvalue weighted by molar-refractivity contribution is 0.282. The van der Waals surface area contributed by atoms with Gasteiger partial charge in [0.05, 0.1) is 13.2 Å². The molecule has 2 rings (SSSR count). The molecule has 0 bridgehead atoms. The minimum absolute atomic E-state index is 0.422. The van der Waals surface area contributed by atoms with Gasteiger partial charge in [-0.25, -0.2) is 0 Å². The van der Waals surface area contributed by atoms with Crippen molar-refractivity contribution in [3.05, 3.63) is 71.8 Å². The summed E-state index contributed by atoms with van der Waals surface area (Å²) < 4.78 is 24.2. The lowest BCUT2D eigenvalue weighted by atomic mass is 9.77. The first-order valence-electron chi connectivity index (χ1n) is 10.8. The van der Waals surface area contributed by atoms with Crippen LogP contribution in [0.5, 0.6) is 23.0 Å². The normalized spacial score (nSPS) is 11.0. The van der Waals surface area contributed by atoms with Crippen LogP contribution in [0.4, 0.5) is 0 Å². The molecule has 2 aromatic rings. The third-order valence-electron chi connectivity index (χ3n) is 4.83. The summed E-state index contributed by atoms with van der Waals surface area (Å²) >= 11 is 0. The molecule has 0 amide bonds. The molecule has 0 spiro atoms. The fraction of sp³-hybridized carbons (Fsp3) is 0.407. The number of rotatable bonds is 12. The van der Waals surface area contributed by atoms with Crippen LogP contribution in [0, 0.1) is 0 Å². The average Bonchev–Trinajstić information content (AvgIpc) is 2.71. The van der Waals surface area contributed by atoms with Gasteiger partial charge in [-0.05, 0) is 51.0 Å². The number of hydrogen-bond donors (Lipinski definition) is 0. The maximum Gasteiger partial charge on any atom is 0.165 e. The molecule has 0 unspecified atom stereocenters. The van der Waals surface area contributed by atoms with Gasteiger partial charge in [0.15, 0.2) is 23.0 Å². The Kier molecular flexibility index (Phi) is 8.61. The van der Waals surface area contributed by atoms with Crippen LogP contribution in [-0.4, -0.2) is 26.4 Å². The van der Waals surface area contributed by atoms with Crippen molar-refractivity contribution in [3.8, 4) is 23.0 Å². The van der Waals surface area contributed by atoms with Crippen molar-refractivity contribution in [2.45, 2.75) is 47.0 Å². The van der Waals surface area contributed by atoms with Crippen LogP contribution >= 0.6 is 0 Å². The Hall–Kier alpha value is -2.88. The zero-order valence-corrected chi connectivity index (χ0v) is 19.8. The van der Waals surface area contributed by atoms with Crippen LogP contribution < -0.4 is 18.9 Å². The molecule has 0 saturated heterocycles. The second kappa shape index (κ2) is 10.9. The van der Waals surface area contributed by atoms with E-state index in [1.165, 1.54) is 0 Å². The summed E-state index contributed by atoms with van der Waals surface area (Å²) in [6, 6.07) is 12.0. The Balaban J connectivity index is 2.65. The van der Waals surface area contributed by atoms with Gasteiger partial charge in [-0.2, -0.15) is 0 Å². The summed E-state index contributed by atoms with van der Waals surface area (Å²) in [6.07, 6.45) is 0. The van der Waals surface area contributed by atoms with Crippen molar-refractivity contribution in [1.29, 1.82) is 0 Å². The zero-order valence-electron chi connectivity index (χ0n) is 19.8. The van der Waals surface area contributed by atoms with E-state index in [0.717, 1.165) is 45.3 Å². The van der Waals surface area contributed by atoms with E-state index in [0.29, 0.717) is 26.4 Å². The Morgan fingerprint density at radius 3 is 1.42 bits per heavy atom. The summed E-state index contributed by atoms with van der Waals surface area (Å²) in [7, 11) is 0. The number of hydrogen-bond acceptors (Lipinski definition) is 4. The van der Waals surface area contributed by atoms with Crippen LogP contribution in [0.25, 0.3) is 0 Å². The van der Waals surface area contributed by atoms with E-state index in [-0.39, 0.29) is 0 Å². The van der Waals surface area contributed by atoms with Crippen molar-refractivity contribution < 1.29 is 18.9 Å². The smallest absolute Gasteiger partial charge is 0.165 e. The topological polar surface area (TPSA) is 36.9 Å². The Labute approximate surface area is 187 Å². The fourth-order valence-corrected chi connectivity index (χ4v) is 3.39. The van der Waals surface area contributed by atoms with Crippen LogP contribution in [0.3, 0.4) is 0 Å². The van der Waals surface area contributed by atoms with Crippen molar-refractivity contribution in [1.82, 2.24) is 0 Å². The van der Waals surface area contributed by atoms with Gasteiger partial charge in [-0.3, -0.25) is 0 Å².